The molecule has 0 radical (unpaired) electrons. The molecule has 0 unspecified atom stereocenters. The minimum Gasteiger partial charge on any atom is -0.258 e. The summed E-state index contributed by atoms with van der Waals surface area (Å²) in [4.78, 5) is 20.0. The maximum absolute atomic E-state index is 10.7. The molecule has 0 aliphatic heterocycles. The van der Waals surface area contributed by atoms with Crippen molar-refractivity contribution in [3.05, 3.63) is 41.4 Å². The standard InChI is InChI=1S/C8H6Cl2N2O4/c1-3-5(9)8(12(15)16)4(2)6(10)7(3)11(13)14/h1-2H3. The highest BCUT2D eigenvalue weighted by molar-refractivity contribution is 6.37. The fourth-order valence-corrected chi connectivity index (χ4v) is 1.93. The summed E-state index contributed by atoms with van der Waals surface area (Å²) in [6, 6.07) is 0. The van der Waals surface area contributed by atoms with Gasteiger partial charge in [0.25, 0.3) is 11.4 Å². The number of nitro benzene ring substituents is 2. The van der Waals surface area contributed by atoms with Gasteiger partial charge in [0.15, 0.2) is 0 Å². The molecule has 0 bridgehead atoms. The van der Waals surface area contributed by atoms with Gasteiger partial charge in [-0.25, -0.2) is 0 Å². The van der Waals surface area contributed by atoms with Gasteiger partial charge in [-0.2, -0.15) is 0 Å². The highest BCUT2D eigenvalue weighted by Gasteiger charge is 2.30. The van der Waals surface area contributed by atoms with Crippen LogP contribution in [0.25, 0.3) is 0 Å². The van der Waals surface area contributed by atoms with Crippen LogP contribution in [0.3, 0.4) is 0 Å². The van der Waals surface area contributed by atoms with Gasteiger partial charge in [-0.15, -0.1) is 0 Å². The van der Waals surface area contributed by atoms with Crippen molar-refractivity contribution in [3.8, 4) is 0 Å². The summed E-state index contributed by atoms with van der Waals surface area (Å²) < 4.78 is 0. The van der Waals surface area contributed by atoms with Crippen molar-refractivity contribution in [1.29, 1.82) is 0 Å². The highest BCUT2D eigenvalue weighted by Crippen LogP contribution is 2.42. The van der Waals surface area contributed by atoms with Crippen molar-refractivity contribution < 1.29 is 9.85 Å². The third-order valence-corrected chi connectivity index (χ3v) is 3.07. The molecule has 1 rings (SSSR count). The van der Waals surface area contributed by atoms with E-state index in [-0.39, 0.29) is 21.2 Å². The molecule has 0 saturated heterocycles. The van der Waals surface area contributed by atoms with Gasteiger partial charge in [0, 0.05) is 0 Å². The first-order valence-corrected chi connectivity index (χ1v) is 4.81. The maximum atomic E-state index is 10.7. The van der Waals surface area contributed by atoms with E-state index in [0.29, 0.717) is 0 Å². The molecule has 0 aliphatic rings. The van der Waals surface area contributed by atoms with Crippen LogP contribution >= 0.6 is 23.2 Å². The zero-order chi connectivity index (χ0) is 12.6. The fraction of sp³-hybridized carbons (Fsp3) is 0.250. The third kappa shape index (κ3) is 1.81. The summed E-state index contributed by atoms with van der Waals surface area (Å²) in [5.41, 5.74) is -0.799. The van der Waals surface area contributed by atoms with Gasteiger partial charge in [0.1, 0.15) is 10.0 Å². The largest absolute Gasteiger partial charge is 0.293 e. The molecular formula is C8H6Cl2N2O4. The second-order valence-corrected chi connectivity index (χ2v) is 3.85. The Morgan fingerprint density at radius 3 is 1.31 bits per heavy atom. The summed E-state index contributed by atoms with van der Waals surface area (Å²) in [6.07, 6.45) is 0. The molecule has 86 valence electrons. The Morgan fingerprint density at radius 2 is 1.12 bits per heavy atom. The molecular weight excluding hydrogens is 259 g/mol. The van der Waals surface area contributed by atoms with Crippen molar-refractivity contribution in [3.63, 3.8) is 0 Å². The zero-order valence-electron chi connectivity index (χ0n) is 8.28. The van der Waals surface area contributed by atoms with Crippen molar-refractivity contribution in [1.82, 2.24) is 0 Å². The molecule has 0 heterocycles. The minimum atomic E-state index is -0.708. The Hall–Kier alpha value is -1.40. The van der Waals surface area contributed by atoms with Gasteiger partial charge >= 0.3 is 0 Å². The van der Waals surface area contributed by atoms with Crippen LogP contribution in [0.15, 0.2) is 0 Å². The lowest BCUT2D eigenvalue weighted by molar-refractivity contribution is -0.389. The first-order valence-electron chi connectivity index (χ1n) is 4.06. The molecule has 0 aromatic heterocycles. The van der Waals surface area contributed by atoms with E-state index in [9.17, 15) is 20.2 Å². The predicted molar refractivity (Wildman–Crippen MR) is 59.2 cm³/mol. The molecule has 8 heteroatoms. The Morgan fingerprint density at radius 1 is 0.875 bits per heavy atom. The molecule has 0 saturated carbocycles. The van der Waals surface area contributed by atoms with Crippen LogP contribution in [0, 0.1) is 34.1 Å². The monoisotopic (exact) mass is 264 g/mol. The van der Waals surface area contributed by atoms with Crippen LogP contribution in [0.4, 0.5) is 11.4 Å². The highest BCUT2D eigenvalue weighted by atomic mass is 35.5. The van der Waals surface area contributed by atoms with Gasteiger partial charge in [0.05, 0.1) is 21.0 Å². The van der Waals surface area contributed by atoms with Crippen LogP contribution < -0.4 is 0 Å². The zero-order valence-corrected chi connectivity index (χ0v) is 9.80. The molecule has 0 N–H and O–H groups in total. The van der Waals surface area contributed by atoms with E-state index in [1.165, 1.54) is 13.8 Å². The van der Waals surface area contributed by atoms with E-state index >= 15 is 0 Å². The average molecular weight is 265 g/mol. The van der Waals surface area contributed by atoms with Crippen LogP contribution in [-0.4, -0.2) is 9.85 Å². The molecule has 0 aliphatic carbocycles. The van der Waals surface area contributed by atoms with E-state index in [0.717, 1.165) is 0 Å². The first-order chi connectivity index (χ1) is 7.29. The average Bonchev–Trinajstić information content (AvgIpc) is 2.14. The second kappa shape index (κ2) is 4.23. The molecule has 6 nitrogen and oxygen atoms in total. The van der Waals surface area contributed by atoms with E-state index < -0.39 is 21.2 Å². The Kier molecular flexibility index (Phi) is 3.35. The number of hydrogen-bond donors (Lipinski definition) is 0. The van der Waals surface area contributed by atoms with Crippen molar-refractivity contribution in [2.45, 2.75) is 13.8 Å². The number of rotatable bonds is 2. The summed E-state index contributed by atoms with van der Waals surface area (Å²) in [5.74, 6) is 0. The number of nitro groups is 2. The van der Waals surface area contributed by atoms with Gasteiger partial charge in [-0.05, 0) is 13.8 Å². The normalized spacial score (nSPS) is 10.2. The molecule has 1 aromatic carbocycles. The van der Waals surface area contributed by atoms with Crippen molar-refractivity contribution in [2.24, 2.45) is 0 Å². The molecule has 0 spiro atoms. The lowest BCUT2D eigenvalue weighted by atomic mass is 10.1. The maximum Gasteiger partial charge on any atom is 0.293 e. The number of hydrogen-bond acceptors (Lipinski definition) is 4. The topological polar surface area (TPSA) is 86.3 Å². The predicted octanol–water partition coefficient (Wildman–Crippen LogP) is 3.43. The summed E-state index contributed by atoms with van der Waals surface area (Å²) >= 11 is 11.4. The SMILES string of the molecule is Cc1c(Cl)c([N+](=O)[O-])c(C)c(Cl)c1[N+](=O)[O-]. The lowest BCUT2D eigenvalue weighted by Gasteiger charge is -2.06. The van der Waals surface area contributed by atoms with E-state index in [1.54, 1.807) is 0 Å². The van der Waals surface area contributed by atoms with Gasteiger partial charge in [-0.3, -0.25) is 20.2 Å². The van der Waals surface area contributed by atoms with E-state index in [2.05, 4.69) is 0 Å². The number of halogens is 2. The van der Waals surface area contributed by atoms with E-state index in [4.69, 9.17) is 23.2 Å². The number of benzene rings is 1. The van der Waals surface area contributed by atoms with Crippen LogP contribution in [-0.2, 0) is 0 Å². The third-order valence-electron chi connectivity index (χ3n) is 2.15. The minimum absolute atomic E-state index is 0.00559. The molecule has 1 aromatic rings. The molecule has 0 fully saturated rings. The van der Waals surface area contributed by atoms with Gasteiger partial charge in [0.2, 0.25) is 0 Å². The fourth-order valence-electron chi connectivity index (χ4n) is 1.33. The summed E-state index contributed by atoms with van der Waals surface area (Å²) in [7, 11) is 0. The number of nitrogens with zero attached hydrogens (tertiary/aromatic N) is 2. The smallest absolute Gasteiger partial charge is 0.258 e. The Balaban J connectivity index is 3.77. The lowest BCUT2D eigenvalue weighted by Crippen LogP contribution is -2.01. The molecule has 16 heavy (non-hydrogen) atoms. The summed E-state index contributed by atoms with van der Waals surface area (Å²) in [5, 5.41) is 20.9. The van der Waals surface area contributed by atoms with Gasteiger partial charge < -0.3 is 0 Å². The van der Waals surface area contributed by atoms with Gasteiger partial charge in [-0.1, -0.05) is 23.2 Å². The van der Waals surface area contributed by atoms with Crippen LogP contribution in [0.2, 0.25) is 10.0 Å². The van der Waals surface area contributed by atoms with Crippen molar-refractivity contribution in [2.75, 3.05) is 0 Å². The van der Waals surface area contributed by atoms with Crippen molar-refractivity contribution >= 4 is 34.6 Å². The summed E-state index contributed by atoms with van der Waals surface area (Å²) in [6.45, 7) is 2.64. The Labute approximate surface area is 100 Å². The van der Waals surface area contributed by atoms with Crippen LogP contribution in [0.5, 0.6) is 0 Å². The molecule has 0 amide bonds. The molecule has 0 atom stereocenters. The second-order valence-electron chi connectivity index (χ2n) is 3.09. The quantitative estimate of drug-likeness (QED) is 0.605. The Bertz CT molecular complexity index is 427. The first kappa shape index (κ1) is 12.7. The van der Waals surface area contributed by atoms with E-state index in [1.807, 2.05) is 0 Å². The van der Waals surface area contributed by atoms with Crippen LogP contribution in [0.1, 0.15) is 11.1 Å².